The number of amides is 3. The highest BCUT2D eigenvalue weighted by Crippen LogP contribution is 2.38. The molecule has 5 nitrogen and oxygen atoms in total. The van der Waals surface area contributed by atoms with Crippen LogP contribution in [0.25, 0.3) is 0 Å². The minimum atomic E-state index is -0.0968. The van der Waals surface area contributed by atoms with Crippen LogP contribution in [-0.4, -0.2) is 28.4 Å². The zero-order valence-corrected chi connectivity index (χ0v) is 16.7. The Balaban J connectivity index is 1.74. The maximum atomic E-state index is 13.3. The van der Waals surface area contributed by atoms with Gasteiger partial charge >= 0.3 is 6.03 Å². The highest BCUT2D eigenvalue weighted by Gasteiger charge is 2.40. The third-order valence-electron chi connectivity index (χ3n) is 6.13. The van der Waals surface area contributed by atoms with Crippen molar-refractivity contribution in [2.45, 2.75) is 89.6 Å². The van der Waals surface area contributed by atoms with Crippen LogP contribution in [0.2, 0.25) is 0 Å². The van der Waals surface area contributed by atoms with E-state index in [9.17, 15) is 9.59 Å². The second kappa shape index (κ2) is 8.77. The highest BCUT2D eigenvalue weighted by atomic mass is 16.2. The highest BCUT2D eigenvalue weighted by molar-refractivity contribution is 5.91. The summed E-state index contributed by atoms with van der Waals surface area (Å²) in [6.07, 6.45) is 11.8. The van der Waals surface area contributed by atoms with Crippen molar-refractivity contribution in [2.75, 3.05) is 10.6 Å². The average molecular weight is 372 g/mol. The molecule has 2 aliphatic rings. The number of nitrogens with zero attached hydrogens (tertiary/aromatic N) is 1. The van der Waals surface area contributed by atoms with Crippen molar-refractivity contribution in [3.05, 3.63) is 24.3 Å². The lowest BCUT2D eigenvalue weighted by atomic mass is 9.79. The lowest BCUT2D eigenvalue weighted by Gasteiger charge is -2.49. The monoisotopic (exact) mass is 371 g/mol. The minimum absolute atomic E-state index is 0.0265. The molecule has 2 saturated carbocycles. The Morgan fingerprint density at radius 3 is 1.96 bits per heavy atom. The van der Waals surface area contributed by atoms with E-state index in [4.69, 9.17) is 0 Å². The summed E-state index contributed by atoms with van der Waals surface area (Å²) < 4.78 is 0. The van der Waals surface area contributed by atoms with Gasteiger partial charge in [-0.3, -0.25) is 4.79 Å². The third kappa shape index (κ3) is 5.02. The van der Waals surface area contributed by atoms with Gasteiger partial charge in [-0.05, 0) is 56.9 Å². The molecule has 0 unspecified atom stereocenters. The van der Waals surface area contributed by atoms with Gasteiger partial charge in [0.1, 0.15) is 0 Å². The molecule has 0 aromatic heterocycles. The average Bonchev–Trinajstić information content (AvgIpc) is 2.64. The van der Waals surface area contributed by atoms with Crippen LogP contribution < -0.4 is 10.6 Å². The predicted octanol–water partition coefficient (Wildman–Crippen LogP) is 5.53. The molecule has 0 aliphatic heterocycles. The molecule has 0 bridgehead atoms. The summed E-state index contributed by atoms with van der Waals surface area (Å²) in [5, 5.41) is 5.87. The van der Waals surface area contributed by atoms with Gasteiger partial charge in [0.2, 0.25) is 5.91 Å². The van der Waals surface area contributed by atoms with E-state index in [1.54, 1.807) is 0 Å². The number of rotatable bonds is 4. The summed E-state index contributed by atoms with van der Waals surface area (Å²) in [5.41, 5.74) is 1.47. The SMILES string of the molecule is CC(=O)Nc1ccc(NC(=O)N(C2CCCCC2)C2(C)CCCCC2)cc1. The number of nitrogens with one attached hydrogen (secondary N) is 2. The zero-order valence-electron chi connectivity index (χ0n) is 16.7. The number of benzene rings is 1. The van der Waals surface area contributed by atoms with Crippen molar-refractivity contribution in [1.82, 2.24) is 4.90 Å². The van der Waals surface area contributed by atoms with E-state index in [1.807, 2.05) is 24.3 Å². The fourth-order valence-electron chi connectivity index (χ4n) is 4.77. The van der Waals surface area contributed by atoms with Crippen molar-refractivity contribution in [3.63, 3.8) is 0 Å². The standard InChI is InChI=1S/C22H33N3O2/c1-17(26)23-18-11-13-19(14-12-18)24-21(27)25(20-9-5-3-6-10-20)22(2)15-7-4-8-16-22/h11-14,20H,3-10,15-16H2,1-2H3,(H,23,26)(H,24,27). The van der Waals surface area contributed by atoms with Gasteiger partial charge < -0.3 is 15.5 Å². The van der Waals surface area contributed by atoms with Crippen molar-refractivity contribution in [3.8, 4) is 0 Å². The van der Waals surface area contributed by atoms with Gasteiger partial charge in [-0.25, -0.2) is 4.79 Å². The molecular weight excluding hydrogens is 338 g/mol. The van der Waals surface area contributed by atoms with Crippen LogP contribution in [0.15, 0.2) is 24.3 Å². The first-order chi connectivity index (χ1) is 13.0. The molecule has 0 saturated heterocycles. The number of urea groups is 1. The van der Waals surface area contributed by atoms with Crippen LogP contribution in [0.4, 0.5) is 16.2 Å². The Bertz CT molecular complexity index is 644. The van der Waals surface area contributed by atoms with Crippen molar-refractivity contribution >= 4 is 23.3 Å². The summed E-state index contributed by atoms with van der Waals surface area (Å²) in [7, 11) is 0. The number of anilines is 2. The van der Waals surface area contributed by atoms with E-state index in [0.29, 0.717) is 6.04 Å². The van der Waals surface area contributed by atoms with Crippen LogP contribution >= 0.6 is 0 Å². The lowest BCUT2D eigenvalue weighted by molar-refractivity contribution is -0.114. The summed E-state index contributed by atoms with van der Waals surface area (Å²) in [6, 6.07) is 7.73. The predicted molar refractivity (Wildman–Crippen MR) is 110 cm³/mol. The van der Waals surface area contributed by atoms with Crippen LogP contribution in [0.3, 0.4) is 0 Å². The Labute approximate surface area is 162 Å². The van der Waals surface area contributed by atoms with Gasteiger partial charge in [0.05, 0.1) is 0 Å². The number of carbonyl (C=O) groups is 2. The van der Waals surface area contributed by atoms with E-state index in [0.717, 1.165) is 37.1 Å². The van der Waals surface area contributed by atoms with E-state index in [1.165, 1.54) is 45.4 Å². The largest absolute Gasteiger partial charge is 0.326 e. The minimum Gasteiger partial charge on any atom is -0.326 e. The summed E-state index contributed by atoms with van der Waals surface area (Å²) in [5.74, 6) is -0.0968. The molecule has 5 heteroatoms. The number of hydrogen-bond donors (Lipinski definition) is 2. The lowest BCUT2D eigenvalue weighted by Crippen LogP contribution is -2.57. The van der Waals surface area contributed by atoms with E-state index < -0.39 is 0 Å². The van der Waals surface area contributed by atoms with Gasteiger partial charge in [-0.1, -0.05) is 38.5 Å². The molecular formula is C22H33N3O2. The Kier molecular flexibility index (Phi) is 6.40. The quantitative estimate of drug-likeness (QED) is 0.730. The molecule has 27 heavy (non-hydrogen) atoms. The number of hydrogen-bond acceptors (Lipinski definition) is 2. The molecule has 2 aliphatic carbocycles. The fourth-order valence-corrected chi connectivity index (χ4v) is 4.77. The van der Waals surface area contributed by atoms with E-state index >= 15 is 0 Å². The molecule has 0 radical (unpaired) electrons. The Morgan fingerprint density at radius 2 is 1.41 bits per heavy atom. The molecule has 3 rings (SSSR count). The molecule has 0 spiro atoms. The first-order valence-electron chi connectivity index (χ1n) is 10.5. The van der Waals surface area contributed by atoms with E-state index in [2.05, 4.69) is 22.5 Å². The zero-order chi connectivity index (χ0) is 19.3. The first-order valence-corrected chi connectivity index (χ1v) is 10.5. The van der Waals surface area contributed by atoms with E-state index in [-0.39, 0.29) is 17.5 Å². The normalized spacial score (nSPS) is 19.9. The molecule has 1 aromatic rings. The third-order valence-corrected chi connectivity index (χ3v) is 6.13. The summed E-state index contributed by atoms with van der Waals surface area (Å²) >= 11 is 0. The van der Waals surface area contributed by atoms with Crippen molar-refractivity contribution < 1.29 is 9.59 Å². The maximum absolute atomic E-state index is 13.3. The van der Waals surface area contributed by atoms with Crippen molar-refractivity contribution in [1.29, 1.82) is 0 Å². The van der Waals surface area contributed by atoms with Gasteiger partial charge in [0, 0.05) is 29.9 Å². The molecule has 3 amide bonds. The van der Waals surface area contributed by atoms with Gasteiger partial charge in [-0.2, -0.15) is 0 Å². The second-order valence-electron chi connectivity index (χ2n) is 8.41. The molecule has 0 heterocycles. The summed E-state index contributed by atoms with van der Waals surface area (Å²) in [6.45, 7) is 3.77. The molecule has 2 fully saturated rings. The maximum Gasteiger partial charge on any atom is 0.322 e. The molecule has 1 aromatic carbocycles. The molecule has 0 atom stereocenters. The van der Waals surface area contributed by atoms with Gasteiger partial charge in [0.15, 0.2) is 0 Å². The molecule has 2 N–H and O–H groups in total. The topological polar surface area (TPSA) is 61.4 Å². The number of carbonyl (C=O) groups excluding carboxylic acids is 2. The van der Waals surface area contributed by atoms with Crippen LogP contribution in [-0.2, 0) is 4.79 Å². The first kappa shape index (κ1) is 19.7. The summed E-state index contributed by atoms with van der Waals surface area (Å²) in [4.78, 5) is 26.7. The van der Waals surface area contributed by atoms with Crippen LogP contribution in [0.5, 0.6) is 0 Å². The fraction of sp³-hybridized carbons (Fsp3) is 0.636. The molecule has 148 valence electrons. The Hall–Kier alpha value is -2.04. The van der Waals surface area contributed by atoms with Crippen molar-refractivity contribution in [2.24, 2.45) is 0 Å². The van der Waals surface area contributed by atoms with Crippen LogP contribution in [0, 0.1) is 0 Å². The van der Waals surface area contributed by atoms with Gasteiger partial charge in [0.25, 0.3) is 0 Å². The Morgan fingerprint density at radius 1 is 0.889 bits per heavy atom. The van der Waals surface area contributed by atoms with Gasteiger partial charge in [-0.15, -0.1) is 0 Å². The van der Waals surface area contributed by atoms with Crippen LogP contribution in [0.1, 0.15) is 78.1 Å². The second-order valence-corrected chi connectivity index (χ2v) is 8.41. The smallest absolute Gasteiger partial charge is 0.322 e.